The Bertz CT molecular complexity index is 1170. The van der Waals surface area contributed by atoms with Gasteiger partial charge in [0.2, 0.25) is 5.91 Å². The molecule has 2 aromatic heterocycles. The number of carbonyl (C=O) groups excluding carboxylic acids is 1. The number of amides is 1. The molecule has 1 aromatic carbocycles. The molecule has 8 heteroatoms. The number of aryl methyl sites for hydroxylation is 2. The number of carbonyl (C=O) groups is 1. The zero-order valence-electron chi connectivity index (χ0n) is 16.7. The van der Waals surface area contributed by atoms with Gasteiger partial charge in [-0.25, -0.2) is 4.98 Å². The van der Waals surface area contributed by atoms with Crippen molar-refractivity contribution >= 4 is 56.5 Å². The first kappa shape index (κ1) is 21.6. The number of nitrogens with zero attached hydrogens (tertiary/aromatic N) is 2. The largest absolute Gasteiger partial charge is 0.325 e. The first-order valence-electron chi connectivity index (χ1n) is 9.08. The van der Waals surface area contributed by atoms with Crippen LogP contribution in [0, 0.1) is 20.8 Å². The number of fused-ring (bicyclic) bond motifs is 1. The van der Waals surface area contributed by atoms with Crippen LogP contribution >= 0.6 is 34.7 Å². The van der Waals surface area contributed by atoms with Crippen LogP contribution in [-0.4, -0.2) is 20.7 Å². The summed E-state index contributed by atoms with van der Waals surface area (Å²) in [4.78, 5) is 32.3. The van der Waals surface area contributed by atoms with Crippen molar-refractivity contribution < 1.29 is 4.79 Å². The molecule has 0 radical (unpaired) electrons. The lowest BCUT2D eigenvalue weighted by molar-refractivity contribution is -0.115. The van der Waals surface area contributed by atoms with Gasteiger partial charge in [-0.05, 0) is 51.0 Å². The molecule has 0 spiro atoms. The third-order valence-electron chi connectivity index (χ3n) is 4.74. The molecule has 1 N–H and O–H groups in total. The van der Waals surface area contributed by atoms with E-state index in [4.69, 9.17) is 16.6 Å². The number of halogens is 1. The van der Waals surface area contributed by atoms with Crippen molar-refractivity contribution in [2.24, 2.45) is 0 Å². The number of hydrogen-bond acceptors (Lipinski definition) is 5. The molecular formula is C21H22ClN3O2S2. The molecule has 0 aliphatic heterocycles. The third-order valence-corrected chi connectivity index (χ3v) is 7.34. The molecular weight excluding hydrogens is 426 g/mol. The first-order chi connectivity index (χ1) is 13.7. The SMILES string of the molecule is C=CCn1c(SC(C)C(=O)Nc2cccc(Cl)c2C)nc2sc(C)c(C)c2c1=O. The Morgan fingerprint density at radius 1 is 1.38 bits per heavy atom. The van der Waals surface area contributed by atoms with E-state index in [1.54, 1.807) is 29.7 Å². The molecule has 1 amide bonds. The number of allylic oxidation sites excluding steroid dienone is 1. The van der Waals surface area contributed by atoms with Crippen LogP contribution < -0.4 is 10.9 Å². The number of nitrogens with one attached hydrogen (secondary N) is 1. The number of benzene rings is 1. The molecule has 3 aromatic rings. The average molecular weight is 448 g/mol. The third kappa shape index (κ3) is 4.27. The van der Waals surface area contributed by atoms with Gasteiger partial charge >= 0.3 is 0 Å². The van der Waals surface area contributed by atoms with Gasteiger partial charge in [-0.1, -0.05) is 35.5 Å². The number of thioether (sulfide) groups is 1. The smallest absolute Gasteiger partial charge is 0.263 e. The van der Waals surface area contributed by atoms with E-state index in [9.17, 15) is 9.59 Å². The fourth-order valence-electron chi connectivity index (χ4n) is 2.88. The summed E-state index contributed by atoms with van der Waals surface area (Å²) < 4.78 is 1.58. The molecule has 0 saturated heterocycles. The van der Waals surface area contributed by atoms with Crippen LogP contribution in [0.2, 0.25) is 5.02 Å². The molecule has 152 valence electrons. The van der Waals surface area contributed by atoms with Gasteiger partial charge < -0.3 is 5.32 Å². The van der Waals surface area contributed by atoms with Gasteiger partial charge in [-0.3, -0.25) is 14.2 Å². The van der Waals surface area contributed by atoms with E-state index in [2.05, 4.69) is 11.9 Å². The van der Waals surface area contributed by atoms with Crippen molar-refractivity contribution in [3.63, 3.8) is 0 Å². The molecule has 0 saturated carbocycles. The number of aromatic nitrogens is 2. The second-order valence-corrected chi connectivity index (χ2v) is 9.64. The summed E-state index contributed by atoms with van der Waals surface area (Å²) in [6.45, 7) is 11.6. The van der Waals surface area contributed by atoms with Gasteiger partial charge in [0.05, 0.1) is 10.6 Å². The number of thiophene rings is 1. The maximum absolute atomic E-state index is 13.1. The lowest BCUT2D eigenvalue weighted by Gasteiger charge is -2.16. The zero-order chi connectivity index (χ0) is 21.3. The molecule has 0 aliphatic carbocycles. The highest BCUT2D eigenvalue weighted by molar-refractivity contribution is 8.00. The molecule has 1 atom stereocenters. The molecule has 0 fully saturated rings. The van der Waals surface area contributed by atoms with Crippen molar-refractivity contribution in [3.8, 4) is 0 Å². The highest BCUT2D eigenvalue weighted by Gasteiger charge is 2.21. The van der Waals surface area contributed by atoms with Crippen LogP contribution in [0.15, 0.2) is 40.8 Å². The fraction of sp³-hybridized carbons (Fsp3) is 0.286. The van der Waals surface area contributed by atoms with Gasteiger partial charge in [-0.15, -0.1) is 17.9 Å². The van der Waals surface area contributed by atoms with E-state index in [1.807, 2.05) is 26.8 Å². The van der Waals surface area contributed by atoms with Crippen molar-refractivity contribution in [3.05, 3.63) is 62.2 Å². The van der Waals surface area contributed by atoms with Crippen LogP contribution in [0.1, 0.15) is 22.9 Å². The van der Waals surface area contributed by atoms with E-state index in [-0.39, 0.29) is 11.5 Å². The van der Waals surface area contributed by atoms with Crippen molar-refractivity contribution in [2.75, 3.05) is 5.32 Å². The Kier molecular flexibility index (Phi) is 6.51. The standard InChI is InChI=1S/C21H22ClN3O2S2/c1-6-10-25-20(27)17-11(2)13(4)28-19(17)24-21(25)29-14(5)18(26)23-16-9-7-8-15(22)12(16)3/h6-9,14H,1,10H2,2-5H3,(H,23,26). The summed E-state index contributed by atoms with van der Waals surface area (Å²) in [7, 11) is 0. The normalized spacial score (nSPS) is 12.2. The minimum Gasteiger partial charge on any atom is -0.325 e. The van der Waals surface area contributed by atoms with Gasteiger partial charge in [-0.2, -0.15) is 0 Å². The second-order valence-electron chi connectivity index (χ2n) is 6.72. The van der Waals surface area contributed by atoms with Gasteiger partial charge in [0, 0.05) is 22.1 Å². The number of anilines is 1. The van der Waals surface area contributed by atoms with E-state index in [0.717, 1.165) is 16.0 Å². The molecule has 3 rings (SSSR count). The summed E-state index contributed by atoms with van der Waals surface area (Å²) in [5.41, 5.74) is 2.34. The maximum Gasteiger partial charge on any atom is 0.263 e. The number of hydrogen-bond donors (Lipinski definition) is 1. The van der Waals surface area contributed by atoms with Crippen molar-refractivity contribution in [2.45, 2.75) is 44.6 Å². The summed E-state index contributed by atoms with van der Waals surface area (Å²) in [5, 5.41) is 4.20. The molecule has 2 heterocycles. The lowest BCUT2D eigenvalue weighted by atomic mass is 10.2. The van der Waals surface area contributed by atoms with Gasteiger partial charge in [0.25, 0.3) is 5.56 Å². The Balaban J connectivity index is 1.93. The van der Waals surface area contributed by atoms with Crippen LogP contribution in [0.25, 0.3) is 10.2 Å². The Hall–Kier alpha value is -2.09. The lowest BCUT2D eigenvalue weighted by Crippen LogP contribution is -2.27. The summed E-state index contributed by atoms with van der Waals surface area (Å²) >= 11 is 8.89. The van der Waals surface area contributed by atoms with E-state index < -0.39 is 5.25 Å². The minimum absolute atomic E-state index is 0.0995. The summed E-state index contributed by atoms with van der Waals surface area (Å²) in [5.74, 6) is -0.182. The molecule has 0 aliphatic rings. The Morgan fingerprint density at radius 2 is 2.10 bits per heavy atom. The van der Waals surface area contributed by atoms with Gasteiger partial charge in [0.1, 0.15) is 4.83 Å². The zero-order valence-corrected chi connectivity index (χ0v) is 19.1. The van der Waals surface area contributed by atoms with Gasteiger partial charge in [0.15, 0.2) is 5.16 Å². The molecule has 0 bridgehead atoms. The van der Waals surface area contributed by atoms with Crippen LogP contribution in [0.3, 0.4) is 0 Å². The topological polar surface area (TPSA) is 64.0 Å². The maximum atomic E-state index is 13.1. The fourth-order valence-corrected chi connectivity index (χ4v) is 5.04. The van der Waals surface area contributed by atoms with Crippen LogP contribution in [-0.2, 0) is 11.3 Å². The minimum atomic E-state index is -0.462. The average Bonchev–Trinajstić information content (AvgIpc) is 2.96. The monoisotopic (exact) mass is 447 g/mol. The highest BCUT2D eigenvalue weighted by atomic mass is 35.5. The summed E-state index contributed by atoms with van der Waals surface area (Å²) in [6.07, 6.45) is 1.66. The van der Waals surface area contributed by atoms with Crippen LogP contribution in [0.5, 0.6) is 0 Å². The summed E-state index contributed by atoms with van der Waals surface area (Å²) in [6, 6.07) is 5.38. The molecule has 1 unspecified atom stereocenters. The van der Waals surface area contributed by atoms with Crippen LogP contribution in [0.4, 0.5) is 5.69 Å². The first-order valence-corrected chi connectivity index (χ1v) is 11.2. The van der Waals surface area contributed by atoms with E-state index >= 15 is 0 Å². The number of rotatable bonds is 6. The Morgan fingerprint density at radius 3 is 2.79 bits per heavy atom. The second kappa shape index (κ2) is 8.73. The van der Waals surface area contributed by atoms with Crippen molar-refractivity contribution in [1.29, 1.82) is 0 Å². The predicted molar refractivity (Wildman–Crippen MR) is 124 cm³/mol. The highest BCUT2D eigenvalue weighted by Crippen LogP contribution is 2.30. The Labute approximate surface area is 182 Å². The van der Waals surface area contributed by atoms with E-state index in [0.29, 0.717) is 32.6 Å². The van der Waals surface area contributed by atoms with E-state index in [1.165, 1.54) is 23.1 Å². The molecule has 29 heavy (non-hydrogen) atoms. The van der Waals surface area contributed by atoms with Crippen molar-refractivity contribution in [1.82, 2.24) is 9.55 Å². The molecule has 5 nitrogen and oxygen atoms in total. The quantitative estimate of drug-likeness (QED) is 0.314. The predicted octanol–water partition coefficient (Wildman–Crippen LogP) is 5.34.